The number of piperazine rings is 1. The topological polar surface area (TPSA) is 93.8 Å². The maximum Gasteiger partial charge on any atom is 0.315 e. The molecule has 0 aromatic carbocycles. The number of amides is 4. The molecule has 2 fully saturated rings. The zero-order valence-electron chi connectivity index (χ0n) is 16.4. The van der Waals surface area contributed by atoms with Crippen LogP contribution in [0, 0.1) is 0 Å². The van der Waals surface area contributed by atoms with Crippen LogP contribution in [0.25, 0.3) is 0 Å². The standard InChI is InChI=1S/C18H33N5O3/c1-5-22(6-2)16(24)8-7-14-10-19-17(25)15-9-13(11-23(14)15)21-18(26)20-12(3)4/h12-15H,5-11H2,1-4H3,(H,19,25)(H2,20,21,26)/t13-,14+,15-/m0/s1. The molecule has 0 aromatic heterocycles. The molecule has 0 spiro atoms. The first-order chi connectivity index (χ1) is 12.3. The van der Waals surface area contributed by atoms with E-state index in [0.29, 0.717) is 25.9 Å². The van der Waals surface area contributed by atoms with Crippen molar-refractivity contribution >= 4 is 17.8 Å². The highest BCUT2D eigenvalue weighted by Gasteiger charge is 2.43. The monoisotopic (exact) mass is 367 g/mol. The molecule has 0 saturated carbocycles. The van der Waals surface area contributed by atoms with Crippen LogP contribution in [0.15, 0.2) is 0 Å². The van der Waals surface area contributed by atoms with E-state index in [-0.39, 0.29) is 42.0 Å². The largest absolute Gasteiger partial charge is 0.353 e. The molecule has 2 aliphatic rings. The van der Waals surface area contributed by atoms with Gasteiger partial charge in [-0.05, 0) is 40.5 Å². The van der Waals surface area contributed by atoms with Crippen LogP contribution in [0.3, 0.4) is 0 Å². The Morgan fingerprint density at radius 1 is 1.31 bits per heavy atom. The molecule has 2 heterocycles. The van der Waals surface area contributed by atoms with Gasteiger partial charge in [-0.1, -0.05) is 0 Å². The molecule has 3 atom stereocenters. The molecule has 8 nitrogen and oxygen atoms in total. The summed E-state index contributed by atoms with van der Waals surface area (Å²) in [5.74, 6) is 0.179. The van der Waals surface area contributed by atoms with Gasteiger partial charge in [0.2, 0.25) is 11.8 Å². The Balaban J connectivity index is 1.91. The van der Waals surface area contributed by atoms with E-state index in [1.165, 1.54) is 0 Å². The lowest BCUT2D eigenvalue weighted by atomic mass is 10.0. The maximum atomic E-state index is 12.3. The van der Waals surface area contributed by atoms with Gasteiger partial charge in [0, 0.05) is 50.7 Å². The Morgan fingerprint density at radius 2 is 2.00 bits per heavy atom. The third kappa shape index (κ3) is 5.09. The molecule has 0 aromatic rings. The van der Waals surface area contributed by atoms with Crippen LogP contribution in [-0.4, -0.2) is 78.0 Å². The van der Waals surface area contributed by atoms with E-state index in [4.69, 9.17) is 0 Å². The van der Waals surface area contributed by atoms with E-state index in [2.05, 4.69) is 20.9 Å². The van der Waals surface area contributed by atoms with Gasteiger partial charge in [0.1, 0.15) is 0 Å². The van der Waals surface area contributed by atoms with Crippen molar-refractivity contribution in [2.75, 3.05) is 26.2 Å². The van der Waals surface area contributed by atoms with Gasteiger partial charge in [-0.25, -0.2) is 4.79 Å². The first-order valence-electron chi connectivity index (χ1n) is 9.73. The van der Waals surface area contributed by atoms with Crippen molar-refractivity contribution in [2.45, 2.75) is 71.1 Å². The number of nitrogens with zero attached hydrogens (tertiary/aromatic N) is 2. The third-order valence-electron chi connectivity index (χ3n) is 5.19. The summed E-state index contributed by atoms with van der Waals surface area (Å²) < 4.78 is 0. The summed E-state index contributed by atoms with van der Waals surface area (Å²) in [5, 5.41) is 8.74. The molecule has 3 N–H and O–H groups in total. The van der Waals surface area contributed by atoms with Gasteiger partial charge in [-0.3, -0.25) is 14.5 Å². The molecule has 4 amide bonds. The second-order valence-electron chi connectivity index (χ2n) is 7.42. The summed E-state index contributed by atoms with van der Waals surface area (Å²) in [5.41, 5.74) is 0. The highest BCUT2D eigenvalue weighted by molar-refractivity contribution is 5.83. The van der Waals surface area contributed by atoms with E-state index in [9.17, 15) is 14.4 Å². The van der Waals surface area contributed by atoms with E-state index < -0.39 is 0 Å². The number of fused-ring (bicyclic) bond motifs is 1. The summed E-state index contributed by atoms with van der Waals surface area (Å²) in [4.78, 5) is 40.4. The zero-order chi connectivity index (χ0) is 19.3. The summed E-state index contributed by atoms with van der Waals surface area (Å²) >= 11 is 0. The van der Waals surface area contributed by atoms with Gasteiger partial charge < -0.3 is 20.9 Å². The number of carbonyl (C=O) groups excluding carboxylic acids is 3. The van der Waals surface area contributed by atoms with Crippen molar-refractivity contribution in [1.82, 2.24) is 25.8 Å². The minimum absolute atomic E-state index is 0.0184. The van der Waals surface area contributed by atoms with Crippen LogP contribution < -0.4 is 16.0 Å². The van der Waals surface area contributed by atoms with Crippen LogP contribution in [0.1, 0.15) is 47.0 Å². The first-order valence-corrected chi connectivity index (χ1v) is 9.73. The van der Waals surface area contributed by atoms with E-state index in [1.807, 2.05) is 32.6 Å². The Labute approximate surface area is 156 Å². The van der Waals surface area contributed by atoms with Crippen molar-refractivity contribution in [3.05, 3.63) is 0 Å². The predicted octanol–water partition coefficient (Wildman–Crippen LogP) is 0.284. The SMILES string of the molecule is CCN(CC)C(=O)CC[C@@H]1CNC(=O)[C@@H]2C[C@H](NC(=O)NC(C)C)CN12. The summed E-state index contributed by atoms with van der Waals surface area (Å²) in [6, 6.07) is -0.262. The fourth-order valence-electron chi connectivity index (χ4n) is 3.86. The van der Waals surface area contributed by atoms with E-state index in [0.717, 1.165) is 19.5 Å². The van der Waals surface area contributed by atoms with Crippen LogP contribution in [0.4, 0.5) is 4.79 Å². The molecule has 0 unspecified atom stereocenters. The van der Waals surface area contributed by atoms with E-state index in [1.54, 1.807) is 0 Å². The smallest absolute Gasteiger partial charge is 0.315 e. The first kappa shape index (κ1) is 20.5. The highest BCUT2D eigenvalue weighted by atomic mass is 16.2. The Kier molecular flexibility index (Phi) is 7.25. The molecule has 2 aliphatic heterocycles. The minimum Gasteiger partial charge on any atom is -0.353 e. The van der Waals surface area contributed by atoms with Crippen LogP contribution >= 0.6 is 0 Å². The Bertz CT molecular complexity index is 521. The molecule has 0 aliphatic carbocycles. The molecule has 8 heteroatoms. The second kappa shape index (κ2) is 9.21. The fourth-order valence-corrected chi connectivity index (χ4v) is 3.86. The zero-order valence-corrected chi connectivity index (χ0v) is 16.4. The lowest BCUT2D eigenvalue weighted by Gasteiger charge is -2.37. The number of hydrogen-bond donors (Lipinski definition) is 3. The lowest BCUT2D eigenvalue weighted by molar-refractivity contribution is -0.132. The number of rotatable bonds is 7. The third-order valence-corrected chi connectivity index (χ3v) is 5.19. The Morgan fingerprint density at radius 3 is 2.62 bits per heavy atom. The minimum atomic E-state index is -0.221. The van der Waals surface area contributed by atoms with Crippen LogP contribution in [-0.2, 0) is 9.59 Å². The summed E-state index contributed by atoms with van der Waals surface area (Å²) in [6.45, 7) is 10.4. The van der Waals surface area contributed by atoms with Gasteiger partial charge in [0.05, 0.1) is 6.04 Å². The molecular weight excluding hydrogens is 334 g/mol. The van der Waals surface area contributed by atoms with Gasteiger partial charge in [0.25, 0.3) is 0 Å². The number of urea groups is 1. The quantitative estimate of drug-likeness (QED) is 0.603. The van der Waals surface area contributed by atoms with Gasteiger partial charge in [0.15, 0.2) is 0 Å². The summed E-state index contributed by atoms with van der Waals surface area (Å²) in [7, 11) is 0. The predicted molar refractivity (Wildman–Crippen MR) is 99.7 cm³/mol. The van der Waals surface area contributed by atoms with Crippen molar-refractivity contribution in [3.63, 3.8) is 0 Å². The summed E-state index contributed by atoms with van der Waals surface area (Å²) in [6.07, 6.45) is 1.81. The average Bonchev–Trinajstić information content (AvgIpc) is 2.99. The van der Waals surface area contributed by atoms with E-state index >= 15 is 0 Å². The molecule has 0 bridgehead atoms. The molecule has 2 saturated heterocycles. The molecule has 0 radical (unpaired) electrons. The average molecular weight is 367 g/mol. The number of hydrogen-bond acceptors (Lipinski definition) is 4. The molecule has 2 rings (SSSR count). The molecule has 148 valence electrons. The van der Waals surface area contributed by atoms with Gasteiger partial charge >= 0.3 is 6.03 Å². The van der Waals surface area contributed by atoms with Crippen molar-refractivity contribution < 1.29 is 14.4 Å². The van der Waals surface area contributed by atoms with Crippen molar-refractivity contribution in [3.8, 4) is 0 Å². The van der Waals surface area contributed by atoms with Crippen LogP contribution in [0.2, 0.25) is 0 Å². The maximum absolute atomic E-state index is 12.3. The van der Waals surface area contributed by atoms with Crippen molar-refractivity contribution in [1.29, 1.82) is 0 Å². The fraction of sp³-hybridized carbons (Fsp3) is 0.833. The molecular formula is C18H33N5O3. The second-order valence-corrected chi connectivity index (χ2v) is 7.42. The highest BCUT2D eigenvalue weighted by Crippen LogP contribution is 2.26. The van der Waals surface area contributed by atoms with Crippen molar-refractivity contribution in [2.24, 2.45) is 0 Å². The normalized spacial score (nSPS) is 25.6. The number of carbonyl (C=O) groups is 3. The van der Waals surface area contributed by atoms with Gasteiger partial charge in [-0.2, -0.15) is 0 Å². The molecule has 26 heavy (non-hydrogen) atoms. The number of nitrogens with one attached hydrogen (secondary N) is 3. The lowest BCUT2D eigenvalue weighted by Crippen LogP contribution is -2.58. The Hall–Kier alpha value is -1.83. The van der Waals surface area contributed by atoms with Gasteiger partial charge in [-0.15, -0.1) is 0 Å². The van der Waals surface area contributed by atoms with Crippen LogP contribution in [0.5, 0.6) is 0 Å².